The smallest absolute Gasteiger partial charge is 0.00460 e. The zero-order chi connectivity index (χ0) is 11.6. The molecular formula is C14H27NS. The van der Waals surface area contributed by atoms with Crippen molar-refractivity contribution in [1.29, 1.82) is 0 Å². The lowest BCUT2D eigenvalue weighted by atomic mass is 9.75. The van der Waals surface area contributed by atoms with Crippen LogP contribution in [0.25, 0.3) is 0 Å². The maximum atomic E-state index is 4.64. The molecule has 0 bridgehead atoms. The second kappa shape index (κ2) is 4.89. The number of hydrogen-bond donors (Lipinski definition) is 1. The van der Waals surface area contributed by atoms with Crippen LogP contribution in [-0.4, -0.2) is 30.3 Å². The molecule has 1 nitrogen and oxygen atoms in total. The van der Waals surface area contributed by atoms with Crippen molar-refractivity contribution >= 4 is 12.6 Å². The van der Waals surface area contributed by atoms with Crippen molar-refractivity contribution in [3.8, 4) is 0 Å². The van der Waals surface area contributed by atoms with Crippen LogP contribution in [0.1, 0.15) is 52.4 Å². The maximum absolute atomic E-state index is 4.64. The largest absolute Gasteiger partial charge is 0.302 e. The fourth-order valence-electron chi connectivity index (χ4n) is 3.50. The minimum atomic E-state index is 0.543. The second-order valence-electron chi connectivity index (χ2n) is 6.84. The predicted molar refractivity (Wildman–Crippen MR) is 74.2 cm³/mol. The number of rotatable bonds is 3. The molecule has 2 aliphatic rings. The van der Waals surface area contributed by atoms with E-state index >= 15 is 0 Å². The molecular weight excluding hydrogens is 214 g/mol. The first kappa shape index (κ1) is 12.8. The molecule has 0 aromatic rings. The average molecular weight is 241 g/mol. The highest BCUT2D eigenvalue weighted by molar-refractivity contribution is 7.80. The first-order valence-corrected chi connectivity index (χ1v) is 7.52. The van der Waals surface area contributed by atoms with Crippen molar-refractivity contribution in [2.75, 3.05) is 25.4 Å². The molecule has 1 saturated carbocycles. The van der Waals surface area contributed by atoms with Crippen molar-refractivity contribution in [3.63, 3.8) is 0 Å². The Labute approximate surface area is 106 Å². The molecule has 94 valence electrons. The van der Waals surface area contributed by atoms with Crippen molar-refractivity contribution in [2.45, 2.75) is 52.4 Å². The Balaban J connectivity index is 1.91. The topological polar surface area (TPSA) is 3.24 Å². The number of likely N-dealkylation sites (tertiary alicyclic amines) is 1. The van der Waals surface area contributed by atoms with Gasteiger partial charge in [-0.3, -0.25) is 0 Å². The van der Waals surface area contributed by atoms with E-state index in [1.54, 1.807) is 0 Å². The van der Waals surface area contributed by atoms with E-state index in [0.29, 0.717) is 10.8 Å². The highest BCUT2D eigenvalue weighted by Gasteiger charge is 2.36. The maximum Gasteiger partial charge on any atom is 0.00460 e. The van der Waals surface area contributed by atoms with E-state index in [0.717, 1.165) is 5.75 Å². The van der Waals surface area contributed by atoms with Gasteiger partial charge in [-0.1, -0.05) is 33.1 Å². The first-order chi connectivity index (χ1) is 7.55. The van der Waals surface area contributed by atoms with Crippen molar-refractivity contribution in [3.05, 3.63) is 0 Å². The van der Waals surface area contributed by atoms with E-state index in [1.807, 2.05) is 0 Å². The molecule has 0 aromatic carbocycles. The van der Waals surface area contributed by atoms with Crippen LogP contribution in [0.2, 0.25) is 0 Å². The summed E-state index contributed by atoms with van der Waals surface area (Å²) in [6.45, 7) is 8.72. The standard InChI is InChI=1S/C14H27NS/c1-13(2)8-9-15(10-13)11-14(12-16)6-4-3-5-7-14/h16H,3-12H2,1-2H3. The van der Waals surface area contributed by atoms with Crippen LogP contribution >= 0.6 is 12.6 Å². The Bertz CT molecular complexity index is 231. The molecule has 0 unspecified atom stereocenters. The second-order valence-corrected chi connectivity index (χ2v) is 7.16. The van der Waals surface area contributed by atoms with E-state index in [-0.39, 0.29) is 0 Å². The van der Waals surface area contributed by atoms with Crippen molar-refractivity contribution in [2.24, 2.45) is 10.8 Å². The molecule has 0 spiro atoms. The monoisotopic (exact) mass is 241 g/mol. The Morgan fingerprint density at radius 3 is 2.25 bits per heavy atom. The molecule has 0 atom stereocenters. The van der Waals surface area contributed by atoms with E-state index in [4.69, 9.17) is 0 Å². The Hall–Kier alpha value is 0.310. The first-order valence-electron chi connectivity index (χ1n) is 6.89. The van der Waals surface area contributed by atoms with Gasteiger partial charge in [-0.2, -0.15) is 12.6 Å². The van der Waals surface area contributed by atoms with Gasteiger partial charge in [0.2, 0.25) is 0 Å². The third kappa shape index (κ3) is 2.95. The zero-order valence-corrected chi connectivity index (χ0v) is 11.9. The summed E-state index contributed by atoms with van der Waals surface area (Å²) < 4.78 is 0. The molecule has 0 amide bonds. The molecule has 2 rings (SSSR count). The van der Waals surface area contributed by atoms with Crippen LogP contribution < -0.4 is 0 Å². The van der Waals surface area contributed by atoms with Crippen LogP contribution in [0.4, 0.5) is 0 Å². The Kier molecular flexibility index (Phi) is 3.90. The van der Waals surface area contributed by atoms with E-state index in [9.17, 15) is 0 Å². The Morgan fingerprint density at radius 1 is 1.06 bits per heavy atom. The van der Waals surface area contributed by atoms with Gasteiger partial charge in [0.25, 0.3) is 0 Å². The third-order valence-corrected chi connectivity index (χ3v) is 5.24. The van der Waals surface area contributed by atoms with Gasteiger partial charge in [0.15, 0.2) is 0 Å². The summed E-state index contributed by atoms with van der Waals surface area (Å²) in [5.41, 5.74) is 1.09. The molecule has 2 fully saturated rings. The lowest BCUT2D eigenvalue weighted by Gasteiger charge is -2.39. The molecule has 0 N–H and O–H groups in total. The molecule has 0 radical (unpaired) electrons. The highest BCUT2D eigenvalue weighted by Crippen LogP contribution is 2.40. The lowest BCUT2D eigenvalue weighted by molar-refractivity contribution is 0.136. The molecule has 1 aliphatic heterocycles. The summed E-state index contributed by atoms with van der Waals surface area (Å²) in [4.78, 5) is 2.70. The average Bonchev–Trinajstić information content (AvgIpc) is 2.59. The van der Waals surface area contributed by atoms with Crippen molar-refractivity contribution in [1.82, 2.24) is 4.90 Å². The van der Waals surface area contributed by atoms with Crippen LogP contribution in [-0.2, 0) is 0 Å². The number of thiol groups is 1. The van der Waals surface area contributed by atoms with E-state index < -0.39 is 0 Å². The predicted octanol–water partition coefficient (Wildman–Crippen LogP) is 3.60. The SMILES string of the molecule is CC1(C)CCN(CC2(CS)CCCCC2)C1. The molecule has 1 saturated heterocycles. The fourth-order valence-corrected chi connectivity index (χ4v) is 3.92. The van der Waals surface area contributed by atoms with E-state index in [1.165, 1.54) is 58.2 Å². The minimum Gasteiger partial charge on any atom is -0.302 e. The fraction of sp³-hybridized carbons (Fsp3) is 1.00. The van der Waals surface area contributed by atoms with Crippen molar-refractivity contribution < 1.29 is 0 Å². The van der Waals surface area contributed by atoms with Crippen LogP contribution in [0.3, 0.4) is 0 Å². The van der Waals surface area contributed by atoms with Gasteiger partial charge in [0.1, 0.15) is 0 Å². The highest BCUT2D eigenvalue weighted by atomic mass is 32.1. The molecule has 2 heteroatoms. The summed E-state index contributed by atoms with van der Waals surface area (Å²) in [6.07, 6.45) is 8.49. The normalized spacial score (nSPS) is 29.4. The van der Waals surface area contributed by atoms with Gasteiger partial charge in [-0.05, 0) is 42.4 Å². The molecule has 1 aliphatic carbocycles. The molecule has 0 aromatic heterocycles. The van der Waals surface area contributed by atoms with Gasteiger partial charge in [-0.15, -0.1) is 0 Å². The summed E-state index contributed by atoms with van der Waals surface area (Å²) >= 11 is 4.64. The third-order valence-electron chi connectivity index (χ3n) is 4.57. The Morgan fingerprint density at radius 2 is 1.75 bits per heavy atom. The summed E-state index contributed by atoms with van der Waals surface area (Å²) in [6, 6.07) is 0. The van der Waals surface area contributed by atoms with Gasteiger partial charge >= 0.3 is 0 Å². The van der Waals surface area contributed by atoms with E-state index in [2.05, 4.69) is 31.4 Å². The van der Waals surface area contributed by atoms with Crippen LogP contribution in [0.15, 0.2) is 0 Å². The quantitative estimate of drug-likeness (QED) is 0.739. The number of nitrogens with zero attached hydrogens (tertiary/aromatic N) is 1. The molecule has 16 heavy (non-hydrogen) atoms. The summed E-state index contributed by atoms with van der Waals surface area (Å²) in [5, 5.41) is 0. The van der Waals surface area contributed by atoms with Crippen LogP contribution in [0.5, 0.6) is 0 Å². The molecule has 1 heterocycles. The van der Waals surface area contributed by atoms with Gasteiger partial charge in [-0.25, -0.2) is 0 Å². The van der Waals surface area contributed by atoms with Gasteiger partial charge in [0.05, 0.1) is 0 Å². The summed E-state index contributed by atoms with van der Waals surface area (Å²) in [7, 11) is 0. The minimum absolute atomic E-state index is 0.543. The lowest BCUT2D eigenvalue weighted by Crippen LogP contribution is -2.40. The van der Waals surface area contributed by atoms with Gasteiger partial charge in [0, 0.05) is 13.1 Å². The zero-order valence-electron chi connectivity index (χ0n) is 11.0. The summed E-state index contributed by atoms with van der Waals surface area (Å²) in [5.74, 6) is 1.09. The van der Waals surface area contributed by atoms with Gasteiger partial charge < -0.3 is 4.90 Å². The number of hydrogen-bond acceptors (Lipinski definition) is 2. The van der Waals surface area contributed by atoms with Crippen LogP contribution in [0, 0.1) is 10.8 Å².